The van der Waals surface area contributed by atoms with Crippen LogP contribution in [0.5, 0.6) is 0 Å². The van der Waals surface area contributed by atoms with Crippen LogP contribution in [0.15, 0.2) is 36.5 Å². The van der Waals surface area contributed by atoms with E-state index in [1.165, 1.54) is 0 Å². The molecule has 1 aromatic carbocycles. The quantitative estimate of drug-likeness (QED) is 0.903. The molecular formula is C13H16ClN3. The van der Waals surface area contributed by atoms with Crippen LogP contribution < -0.4 is 5.32 Å². The monoisotopic (exact) mass is 249 g/mol. The van der Waals surface area contributed by atoms with E-state index in [-0.39, 0.29) is 6.04 Å². The molecule has 4 heteroatoms. The number of likely N-dealkylation sites (N-methyl/N-ethyl adjacent to an activating group) is 1. The summed E-state index contributed by atoms with van der Waals surface area (Å²) in [4.78, 5) is 0. The van der Waals surface area contributed by atoms with Gasteiger partial charge in [0.05, 0.1) is 11.7 Å². The summed E-state index contributed by atoms with van der Waals surface area (Å²) in [6, 6.07) is 10.1. The fourth-order valence-electron chi connectivity index (χ4n) is 1.86. The SMILES string of the molecule is CNC(Cc1ccccc1Cl)c1ccn(C)n1. The lowest BCUT2D eigenvalue weighted by molar-refractivity contribution is 0.563. The molecule has 0 radical (unpaired) electrons. The van der Waals surface area contributed by atoms with Crippen LogP contribution in [0.25, 0.3) is 0 Å². The molecule has 0 aliphatic rings. The highest BCUT2D eigenvalue weighted by atomic mass is 35.5. The predicted octanol–water partition coefficient (Wildman–Crippen LogP) is 2.58. The Morgan fingerprint density at radius 1 is 1.35 bits per heavy atom. The largest absolute Gasteiger partial charge is 0.311 e. The van der Waals surface area contributed by atoms with Crippen LogP contribution in [0.2, 0.25) is 5.02 Å². The summed E-state index contributed by atoms with van der Waals surface area (Å²) in [5.41, 5.74) is 2.18. The Balaban J connectivity index is 2.18. The molecule has 1 N–H and O–H groups in total. The zero-order valence-electron chi connectivity index (χ0n) is 10.0. The van der Waals surface area contributed by atoms with Gasteiger partial charge in [0.25, 0.3) is 0 Å². The van der Waals surface area contributed by atoms with Gasteiger partial charge in [-0.3, -0.25) is 4.68 Å². The Morgan fingerprint density at radius 3 is 2.71 bits per heavy atom. The maximum absolute atomic E-state index is 6.16. The van der Waals surface area contributed by atoms with E-state index < -0.39 is 0 Å². The van der Waals surface area contributed by atoms with E-state index in [0.717, 1.165) is 22.7 Å². The minimum atomic E-state index is 0.191. The second kappa shape index (κ2) is 5.34. The van der Waals surface area contributed by atoms with Crippen LogP contribution in [0.4, 0.5) is 0 Å². The molecule has 1 heterocycles. The molecule has 1 unspecified atom stereocenters. The van der Waals surface area contributed by atoms with E-state index in [2.05, 4.69) is 16.5 Å². The van der Waals surface area contributed by atoms with Gasteiger partial charge in [0.1, 0.15) is 0 Å². The summed E-state index contributed by atoms with van der Waals surface area (Å²) in [6.07, 6.45) is 2.79. The van der Waals surface area contributed by atoms with E-state index in [4.69, 9.17) is 11.6 Å². The molecule has 0 fully saturated rings. The summed E-state index contributed by atoms with van der Waals surface area (Å²) in [7, 11) is 3.86. The number of benzene rings is 1. The number of nitrogens with zero attached hydrogens (tertiary/aromatic N) is 2. The molecule has 0 saturated heterocycles. The predicted molar refractivity (Wildman–Crippen MR) is 70.2 cm³/mol. The molecule has 0 spiro atoms. The van der Waals surface area contributed by atoms with Crippen LogP contribution >= 0.6 is 11.6 Å². The third kappa shape index (κ3) is 2.87. The third-order valence-electron chi connectivity index (χ3n) is 2.82. The van der Waals surface area contributed by atoms with Crippen molar-refractivity contribution in [2.24, 2.45) is 7.05 Å². The molecule has 2 rings (SSSR count). The molecular weight excluding hydrogens is 234 g/mol. The summed E-state index contributed by atoms with van der Waals surface area (Å²) in [5.74, 6) is 0. The van der Waals surface area contributed by atoms with Crippen molar-refractivity contribution in [3.05, 3.63) is 52.8 Å². The highest BCUT2D eigenvalue weighted by Crippen LogP contribution is 2.22. The summed E-state index contributed by atoms with van der Waals surface area (Å²) in [6.45, 7) is 0. The van der Waals surface area contributed by atoms with Gasteiger partial charge in [-0.15, -0.1) is 0 Å². The van der Waals surface area contributed by atoms with Gasteiger partial charge in [0.15, 0.2) is 0 Å². The Bertz CT molecular complexity index is 493. The molecule has 0 aliphatic carbocycles. The lowest BCUT2D eigenvalue weighted by Gasteiger charge is -2.14. The second-order valence-electron chi connectivity index (χ2n) is 4.05. The van der Waals surface area contributed by atoms with Crippen molar-refractivity contribution in [2.75, 3.05) is 7.05 Å². The van der Waals surface area contributed by atoms with Crippen LogP contribution in [-0.4, -0.2) is 16.8 Å². The Morgan fingerprint density at radius 2 is 2.12 bits per heavy atom. The number of halogens is 1. The molecule has 0 bridgehead atoms. The number of hydrogen-bond acceptors (Lipinski definition) is 2. The van der Waals surface area contributed by atoms with Crippen LogP contribution in [0, 0.1) is 0 Å². The van der Waals surface area contributed by atoms with E-state index in [1.54, 1.807) is 0 Å². The van der Waals surface area contributed by atoms with Crippen molar-refractivity contribution in [1.29, 1.82) is 0 Å². The average Bonchev–Trinajstić information content (AvgIpc) is 2.75. The number of rotatable bonds is 4. The van der Waals surface area contributed by atoms with Crippen molar-refractivity contribution >= 4 is 11.6 Å². The Kier molecular flexibility index (Phi) is 3.82. The first-order valence-electron chi connectivity index (χ1n) is 5.61. The van der Waals surface area contributed by atoms with Crippen molar-refractivity contribution in [3.63, 3.8) is 0 Å². The molecule has 90 valence electrons. The second-order valence-corrected chi connectivity index (χ2v) is 4.46. The smallest absolute Gasteiger partial charge is 0.0797 e. The van der Waals surface area contributed by atoms with Gasteiger partial charge in [-0.25, -0.2) is 0 Å². The maximum atomic E-state index is 6.16. The standard InChI is InChI=1S/C13H16ClN3/c1-15-13(12-7-8-17(2)16-12)9-10-5-3-4-6-11(10)14/h3-8,13,15H,9H2,1-2H3. The normalized spacial score (nSPS) is 12.6. The Hall–Kier alpha value is -1.32. The van der Waals surface area contributed by atoms with Gasteiger partial charge in [-0.05, 0) is 31.2 Å². The topological polar surface area (TPSA) is 29.9 Å². The summed E-state index contributed by atoms with van der Waals surface area (Å²) in [5, 5.41) is 8.50. The van der Waals surface area contributed by atoms with Crippen molar-refractivity contribution in [3.8, 4) is 0 Å². The van der Waals surface area contributed by atoms with Crippen molar-refractivity contribution in [1.82, 2.24) is 15.1 Å². The van der Waals surface area contributed by atoms with Crippen LogP contribution in [0.1, 0.15) is 17.3 Å². The first-order chi connectivity index (χ1) is 8.20. The number of aryl methyl sites for hydroxylation is 1. The molecule has 0 saturated carbocycles. The minimum Gasteiger partial charge on any atom is -0.311 e. The zero-order valence-corrected chi connectivity index (χ0v) is 10.8. The van der Waals surface area contributed by atoms with Gasteiger partial charge in [0.2, 0.25) is 0 Å². The molecule has 17 heavy (non-hydrogen) atoms. The third-order valence-corrected chi connectivity index (χ3v) is 3.19. The molecule has 0 amide bonds. The van der Waals surface area contributed by atoms with Gasteiger partial charge in [-0.1, -0.05) is 29.8 Å². The van der Waals surface area contributed by atoms with E-state index in [9.17, 15) is 0 Å². The zero-order chi connectivity index (χ0) is 12.3. The van der Waals surface area contributed by atoms with Gasteiger partial charge < -0.3 is 5.32 Å². The van der Waals surface area contributed by atoms with Crippen molar-refractivity contribution in [2.45, 2.75) is 12.5 Å². The van der Waals surface area contributed by atoms with Gasteiger partial charge >= 0.3 is 0 Å². The highest BCUT2D eigenvalue weighted by molar-refractivity contribution is 6.31. The first-order valence-corrected chi connectivity index (χ1v) is 5.98. The Labute approximate surface area is 106 Å². The average molecular weight is 250 g/mol. The van der Waals surface area contributed by atoms with Gasteiger partial charge in [0, 0.05) is 18.3 Å². The molecule has 0 aliphatic heterocycles. The highest BCUT2D eigenvalue weighted by Gasteiger charge is 2.14. The number of nitrogens with one attached hydrogen (secondary N) is 1. The minimum absolute atomic E-state index is 0.191. The number of aromatic nitrogens is 2. The fraction of sp³-hybridized carbons (Fsp3) is 0.308. The number of hydrogen-bond donors (Lipinski definition) is 1. The fourth-order valence-corrected chi connectivity index (χ4v) is 2.07. The lowest BCUT2D eigenvalue weighted by atomic mass is 10.0. The van der Waals surface area contributed by atoms with E-state index in [1.807, 2.05) is 49.2 Å². The van der Waals surface area contributed by atoms with Gasteiger partial charge in [-0.2, -0.15) is 5.10 Å². The molecule has 2 aromatic rings. The molecule has 1 aromatic heterocycles. The molecule has 3 nitrogen and oxygen atoms in total. The first kappa shape index (κ1) is 12.1. The van der Waals surface area contributed by atoms with Crippen LogP contribution in [-0.2, 0) is 13.5 Å². The summed E-state index contributed by atoms with van der Waals surface area (Å²) < 4.78 is 1.81. The van der Waals surface area contributed by atoms with Crippen LogP contribution in [0.3, 0.4) is 0 Å². The summed E-state index contributed by atoms with van der Waals surface area (Å²) >= 11 is 6.16. The van der Waals surface area contributed by atoms with E-state index >= 15 is 0 Å². The lowest BCUT2D eigenvalue weighted by Crippen LogP contribution is -2.19. The van der Waals surface area contributed by atoms with Crippen molar-refractivity contribution < 1.29 is 0 Å². The maximum Gasteiger partial charge on any atom is 0.0797 e. The van der Waals surface area contributed by atoms with E-state index in [0.29, 0.717) is 0 Å². The molecule has 1 atom stereocenters.